The van der Waals surface area contributed by atoms with Crippen LogP contribution >= 0.6 is 0 Å². The zero-order valence-electron chi connectivity index (χ0n) is 14.2. The van der Waals surface area contributed by atoms with Crippen molar-refractivity contribution in [1.29, 1.82) is 0 Å². The number of hydrogen-bond acceptors (Lipinski definition) is 6. The van der Waals surface area contributed by atoms with Crippen molar-refractivity contribution in [3.05, 3.63) is 42.0 Å². The standard InChI is InChI=1S/C18H21FN4O2/c1-2-25-22-15-6-8-23(9-7-15)18-20-10-14(11-21-18)16-5-3-4-13(12-24)17(16)19/h3-5,10-11,24H,2,6-9,12H2,1H3. The highest BCUT2D eigenvalue weighted by molar-refractivity contribution is 5.86. The van der Waals surface area contributed by atoms with E-state index in [0.29, 0.717) is 23.7 Å². The minimum Gasteiger partial charge on any atom is -0.396 e. The van der Waals surface area contributed by atoms with E-state index < -0.39 is 5.82 Å². The fourth-order valence-corrected chi connectivity index (χ4v) is 2.76. The summed E-state index contributed by atoms with van der Waals surface area (Å²) < 4.78 is 14.3. The molecule has 132 valence electrons. The average molecular weight is 344 g/mol. The van der Waals surface area contributed by atoms with Gasteiger partial charge in [0.2, 0.25) is 5.95 Å². The van der Waals surface area contributed by atoms with Gasteiger partial charge >= 0.3 is 0 Å². The van der Waals surface area contributed by atoms with E-state index in [9.17, 15) is 9.50 Å². The Morgan fingerprint density at radius 3 is 2.60 bits per heavy atom. The molecule has 0 amide bonds. The third kappa shape index (κ3) is 3.93. The van der Waals surface area contributed by atoms with Crippen molar-refractivity contribution in [2.45, 2.75) is 26.4 Å². The maximum Gasteiger partial charge on any atom is 0.225 e. The molecule has 6 nitrogen and oxygen atoms in total. The molecule has 1 aliphatic heterocycles. The molecule has 2 aromatic rings. The maximum absolute atomic E-state index is 14.3. The smallest absolute Gasteiger partial charge is 0.225 e. The highest BCUT2D eigenvalue weighted by Gasteiger charge is 2.18. The summed E-state index contributed by atoms with van der Waals surface area (Å²) in [5.41, 5.74) is 2.30. The van der Waals surface area contributed by atoms with Crippen LogP contribution in [0, 0.1) is 5.82 Å². The van der Waals surface area contributed by atoms with Crippen molar-refractivity contribution in [3.63, 3.8) is 0 Å². The van der Waals surface area contributed by atoms with Crippen LogP contribution in [0.25, 0.3) is 11.1 Å². The number of oxime groups is 1. The molecule has 7 heteroatoms. The Balaban J connectivity index is 1.71. The monoisotopic (exact) mass is 344 g/mol. The van der Waals surface area contributed by atoms with Crippen molar-refractivity contribution >= 4 is 11.7 Å². The molecule has 3 rings (SSSR count). The molecular formula is C18H21FN4O2. The number of aromatic nitrogens is 2. The molecule has 2 heterocycles. The van der Waals surface area contributed by atoms with E-state index in [4.69, 9.17) is 4.84 Å². The summed E-state index contributed by atoms with van der Waals surface area (Å²) in [6, 6.07) is 4.93. The Bertz CT molecular complexity index is 739. The zero-order chi connectivity index (χ0) is 17.6. The molecule has 1 saturated heterocycles. The number of hydrogen-bond donors (Lipinski definition) is 1. The maximum atomic E-state index is 14.3. The van der Waals surface area contributed by atoms with Gasteiger partial charge in [-0.2, -0.15) is 0 Å². The fourth-order valence-electron chi connectivity index (χ4n) is 2.76. The number of aliphatic hydroxyl groups is 1. The number of aliphatic hydroxyl groups excluding tert-OH is 1. The van der Waals surface area contributed by atoms with Gasteiger partial charge in [0.1, 0.15) is 12.4 Å². The molecule has 1 aromatic heterocycles. The van der Waals surface area contributed by atoms with Crippen molar-refractivity contribution in [1.82, 2.24) is 9.97 Å². The topological polar surface area (TPSA) is 70.8 Å². The number of anilines is 1. The van der Waals surface area contributed by atoms with E-state index in [1.165, 1.54) is 0 Å². The average Bonchev–Trinajstić information content (AvgIpc) is 2.67. The summed E-state index contributed by atoms with van der Waals surface area (Å²) in [5.74, 6) is 0.189. The first-order valence-corrected chi connectivity index (χ1v) is 8.36. The zero-order valence-corrected chi connectivity index (χ0v) is 14.2. The Labute approximate surface area is 146 Å². The molecule has 0 atom stereocenters. The number of halogens is 1. The Morgan fingerprint density at radius 2 is 1.96 bits per heavy atom. The van der Waals surface area contributed by atoms with Crippen LogP contribution in [0.1, 0.15) is 25.3 Å². The summed E-state index contributed by atoms with van der Waals surface area (Å²) in [6.07, 6.45) is 4.87. The Kier molecular flexibility index (Phi) is 5.55. The molecule has 0 bridgehead atoms. The molecule has 0 saturated carbocycles. The molecule has 25 heavy (non-hydrogen) atoms. The van der Waals surface area contributed by atoms with Crippen LogP contribution in [0.3, 0.4) is 0 Å². The predicted molar refractivity (Wildman–Crippen MR) is 93.9 cm³/mol. The number of benzene rings is 1. The van der Waals surface area contributed by atoms with E-state index in [1.54, 1.807) is 30.6 Å². The molecule has 1 aromatic carbocycles. The summed E-state index contributed by atoms with van der Waals surface area (Å²) in [6.45, 7) is 3.71. The first-order chi connectivity index (χ1) is 12.2. The highest BCUT2D eigenvalue weighted by Crippen LogP contribution is 2.25. The van der Waals surface area contributed by atoms with Crippen LogP contribution < -0.4 is 4.90 Å². The van der Waals surface area contributed by atoms with Crippen LogP contribution in [-0.2, 0) is 11.4 Å². The van der Waals surface area contributed by atoms with E-state index in [1.807, 2.05) is 6.92 Å². The van der Waals surface area contributed by atoms with Crippen LogP contribution in [-0.4, -0.2) is 40.5 Å². The lowest BCUT2D eigenvalue weighted by atomic mass is 10.1. The van der Waals surface area contributed by atoms with Gasteiger partial charge in [0.05, 0.1) is 12.3 Å². The number of nitrogens with zero attached hydrogens (tertiary/aromatic N) is 4. The first-order valence-electron chi connectivity index (χ1n) is 8.36. The van der Waals surface area contributed by atoms with Gasteiger partial charge in [-0.05, 0) is 6.92 Å². The van der Waals surface area contributed by atoms with Crippen molar-refractivity contribution < 1.29 is 14.3 Å². The molecule has 1 aliphatic rings. The molecule has 0 aliphatic carbocycles. The van der Waals surface area contributed by atoms with Gasteiger partial charge in [-0.3, -0.25) is 0 Å². The van der Waals surface area contributed by atoms with Crippen molar-refractivity contribution in [3.8, 4) is 11.1 Å². The minimum absolute atomic E-state index is 0.263. The highest BCUT2D eigenvalue weighted by atomic mass is 19.1. The minimum atomic E-state index is -0.434. The lowest BCUT2D eigenvalue weighted by Crippen LogP contribution is -2.35. The van der Waals surface area contributed by atoms with Crippen LogP contribution in [0.5, 0.6) is 0 Å². The second-order valence-electron chi connectivity index (χ2n) is 5.77. The van der Waals surface area contributed by atoms with E-state index in [0.717, 1.165) is 31.6 Å². The predicted octanol–water partition coefficient (Wildman–Crippen LogP) is 2.77. The van der Waals surface area contributed by atoms with Gasteiger partial charge in [0, 0.05) is 55.0 Å². The second-order valence-corrected chi connectivity index (χ2v) is 5.77. The van der Waals surface area contributed by atoms with Crippen LogP contribution in [0.2, 0.25) is 0 Å². The fraction of sp³-hybridized carbons (Fsp3) is 0.389. The lowest BCUT2D eigenvalue weighted by Gasteiger charge is -2.27. The number of rotatable bonds is 5. The third-order valence-electron chi connectivity index (χ3n) is 4.14. The van der Waals surface area contributed by atoms with E-state index >= 15 is 0 Å². The Hall–Kier alpha value is -2.54. The third-order valence-corrected chi connectivity index (χ3v) is 4.14. The first kappa shape index (κ1) is 17.3. The second kappa shape index (κ2) is 8.02. The van der Waals surface area contributed by atoms with Gasteiger partial charge in [-0.25, -0.2) is 14.4 Å². The summed E-state index contributed by atoms with van der Waals surface area (Å²) in [5, 5.41) is 13.3. The Morgan fingerprint density at radius 1 is 1.24 bits per heavy atom. The largest absolute Gasteiger partial charge is 0.396 e. The molecule has 0 unspecified atom stereocenters. The summed E-state index contributed by atoms with van der Waals surface area (Å²) in [4.78, 5) is 15.9. The summed E-state index contributed by atoms with van der Waals surface area (Å²) >= 11 is 0. The molecule has 1 N–H and O–H groups in total. The molecule has 1 fully saturated rings. The normalized spacial score (nSPS) is 14.5. The van der Waals surface area contributed by atoms with Gasteiger partial charge in [0.15, 0.2) is 0 Å². The van der Waals surface area contributed by atoms with E-state index in [-0.39, 0.29) is 12.2 Å². The van der Waals surface area contributed by atoms with Crippen LogP contribution in [0.15, 0.2) is 35.7 Å². The SMILES string of the molecule is CCON=C1CCN(c2ncc(-c3cccc(CO)c3F)cn2)CC1. The lowest BCUT2D eigenvalue weighted by molar-refractivity contribution is 0.157. The van der Waals surface area contributed by atoms with Crippen LogP contribution in [0.4, 0.5) is 10.3 Å². The molecule has 0 spiro atoms. The molecular weight excluding hydrogens is 323 g/mol. The summed E-state index contributed by atoms with van der Waals surface area (Å²) in [7, 11) is 0. The van der Waals surface area contributed by atoms with Gasteiger partial charge < -0.3 is 14.8 Å². The quantitative estimate of drug-likeness (QED) is 0.845. The molecule has 0 radical (unpaired) electrons. The van der Waals surface area contributed by atoms with Crippen molar-refractivity contribution in [2.75, 3.05) is 24.6 Å². The van der Waals surface area contributed by atoms with Crippen molar-refractivity contribution in [2.24, 2.45) is 5.16 Å². The van der Waals surface area contributed by atoms with Gasteiger partial charge in [-0.15, -0.1) is 0 Å². The number of piperidine rings is 1. The van der Waals surface area contributed by atoms with E-state index in [2.05, 4.69) is 20.0 Å². The van der Waals surface area contributed by atoms with Gasteiger partial charge in [0.25, 0.3) is 0 Å². The van der Waals surface area contributed by atoms with Gasteiger partial charge in [-0.1, -0.05) is 23.4 Å².